The van der Waals surface area contributed by atoms with Gasteiger partial charge in [-0.25, -0.2) is 0 Å². The summed E-state index contributed by atoms with van der Waals surface area (Å²) < 4.78 is 5.82. The van der Waals surface area contributed by atoms with E-state index in [-0.39, 0.29) is 11.8 Å². The number of hydrogen-bond acceptors (Lipinski definition) is 4. The Balaban J connectivity index is 1.99. The van der Waals surface area contributed by atoms with Crippen molar-refractivity contribution in [2.75, 3.05) is 40.3 Å². The molecule has 1 unspecified atom stereocenters. The Bertz CT molecular complexity index is 787. The zero-order valence-corrected chi connectivity index (χ0v) is 18.4. The van der Waals surface area contributed by atoms with E-state index in [1.54, 1.807) is 38.4 Å². The van der Waals surface area contributed by atoms with E-state index >= 15 is 0 Å². The van der Waals surface area contributed by atoms with Crippen LogP contribution in [0.4, 0.5) is 0 Å². The summed E-state index contributed by atoms with van der Waals surface area (Å²) in [6.07, 6.45) is 0.412. The number of ether oxygens (including phenoxy) is 1. The van der Waals surface area contributed by atoms with Gasteiger partial charge in [0.15, 0.2) is 0 Å². The maximum absolute atomic E-state index is 12.6. The lowest BCUT2D eigenvalue weighted by Gasteiger charge is -2.22. The first-order chi connectivity index (χ1) is 14.4. The average Bonchev–Trinajstić information content (AvgIpc) is 2.77. The molecule has 2 aromatic rings. The van der Waals surface area contributed by atoms with Crippen LogP contribution in [0.25, 0.3) is 0 Å². The highest BCUT2D eigenvalue weighted by atomic mass is 16.5. The summed E-state index contributed by atoms with van der Waals surface area (Å²) in [7, 11) is 3.38. The summed E-state index contributed by atoms with van der Waals surface area (Å²) in [6, 6.07) is 16.0. The molecule has 0 saturated carbocycles. The van der Waals surface area contributed by atoms with Gasteiger partial charge in [0.1, 0.15) is 18.4 Å². The molecule has 0 fully saturated rings. The van der Waals surface area contributed by atoms with Crippen molar-refractivity contribution in [3.8, 4) is 5.75 Å². The van der Waals surface area contributed by atoms with Gasteiger partial charge in [-0.3, -0.25) is 9.59 Å². The number of carbonyl (C=O) groups excluding carboxylic acids is 2. The summed E-state index contributed by atoms with van der Waals surface area (Å²) in [5, 5.41) is 2.87. The Kier molecular flexibility index (Phi) is 9.35. The van der Waals surface area contributed by atoms with Gasteiger partial charge in [-0.2, -0.15) is 0 Å². The van der Waals surface area contributed by atoms with Crippen molar-refractivity contribution in [2.45, 2.75) is 26.3 Å². The molecule has 1 N–H and O–H groups in total. The van der Waals surface area contributed by atoms with Crippen molar-refractivity contribution in [1.82, 2.24) is 15.1 Å². The number of amides is 2. The quantitative estimate of drug-likeness (QED) is 0.618. The molecule has 1 atom stereocenters. The second kappa shape index (κ2) is 12.0. The van der Waals surface area contributed by atoms with E-state index in [0.717, 1.165) is 30.9 Å². The lowest BCUT2D eigenvalue weighted by molar-refractivity contribution is -0.130. The highest BCUT2D eigenvalue weighted by Gasteiger charge is 2.23. The Morgan fingerprint density at radius 3 is 2.17 bits per heavy atom. The van der Waals surface area contributed by atoms with Crippen LogP contribution in [0.2, 0.25) is 0 Å². The molecule has 2 amide bonds. The van der Waals surface area contributed by atoms with Crippen molar-refractivity contribution in [1.29, 1.82) is 0 Å². The number of carbonyl (C=O) groups is 2. The Morgan fingerprint density at radius 2 is 1.60 bits per heavy atom. The van der Waals surface area contributed by atoms with Crippen molar-refractivity contribution < 1.29 is 14.3 Å². The lowest BCUT2D eigenvalue weighted by atomic mass is 10.0. The number of nitrogens with zero attached hydrogens (tertiary/aromatic N) is 2. The fraction of sp³-hybridized carbons (Fsp3) is 0.417. The van der Waals surface area contributed by atoms with Crippen LogP contribution in [0.15, 0.2) is 54.6 Å². The molecule has 6 nitrogen and oxygen atoms in total. The number of rotatable bonds is 11. The molecule has 0 radical (unpaired) electrons. The van der Waals surface area contributed by atoms with E-state index in [1.165, 1.54) is 4.90 Å². The molecule has 0 bridgehead atoms. The van der Waals surface area contributed by atoms with Crippen molar-refractivity contribution in [3.63, 3.8) is 0 Å². The molecule has 2 aromatic carbocycles. The van der Waals surface area contributed by atoms with Gasteiger partial charge >= 0.3 is 0 Å². The zero-order valence-electron chi connectivity index (χ0n) is 18.4. The van der Waals surface area contributed by atoms with Crippen molar-refractivity contribution >= 4 is 11.8 Å². The normalized spacial score (nSPS) is 11.8. The lowest BCUT2D eigenvalue weighted by Crippen LogP contribution is -2.47. The van der Waals surface area contributed by atoms with Crippen LogP contribution in [0.3, 0.4) is 0 Å². The predicted molar refractivity (Wildman–Crippen MR) is 120 cm³/mol. The minimum absolute atomic E-state index is 0.140. The first-order valence-electron chi connectivity index (χ1n) is 10.5. The summed E-state index contributed by atoms with van der Waals surface area (Å²) in [5.41, 5.74) is 1.49. The van der Waals surface area contributed by atoms with Crippen molar-refractivity contribution in [2.24, 2.45) is 0 Å². The van der Waals surface area contributed by atoms with Gasteiger partial charge in [-0.1, -0.05) is 44.2 Å². The highest BCUT2D eigenvalue weighted by molar-refractivity contribution is 5.97. The summed E-state index contributed by atoms with van der Waals surface area (Å²) in [4.78, 5) is 29.0. The minimum atomic E-state index is -0.637. The number of nitrogens with one attached hydrogen (secondary N) is 1. The molecule has 2 rings (SSSR count). The maximum atomic E-state index is 12.6. The van der Waals surface area contributed by atoms with Gasteiger partial charge in [-0.15, -0.1) is 0 Å². The molecule has 0 saturated heterocycles. The smallest absolute Gasteiger partial charge is 0.251 e. The predicted octanol–water partition coefficient (Wildman–Crippen LogP) is 2.84. The van der Waals surface area contributed by atoms with E-state index in [2.05, 4.69) is 24.1 Å². The van der Waals surface area contributed by atoms with Crippen LogP contribution in [0.1, 0.15) is 29.8 Å². The first kappa shape index (κ1) is 23.4. The molecule has 0 spiro atoms. The van der Waals surface area contributed by atoms with Gasteiger partial charge in [0.05, 0.1) is 0 Å². The standard InChI is InChI=1S/C24H33N3O3/c1-5-27(6-2)16-17-30-21-14-12-19(13-15-21)18-22(24(29)26(3)4)25-23(28)20-10-8-7-9-11-20/h7-15,22H,5-6,16-18H2,1-4H3,(H,25,28). The summed E-state index contributed by atoms with van der Waals surface area (Å²) in [5.74, 6) is 0.403. The number of likely N-dealkylation sites (N-methyl/N-ethyl adjacent to an activating group) is 2. The van der Waals surface area contributed by atoms with Gasteiger partial charge in [-0.05, 0) is 42.9 Å². The van der Waals surface area contributed by atoms with Gasteiger partial charge in [0.2, 0.25) is 5.91 Å². The van der Waals surface area contributed by atoms with Crippen LogP contribution in [-0.4, -0.2) is 68.0 Å². The summed E-state index contributed by atoms with van der Waals surface area (Å²) in [6.45, 7) is 7.82. The molecule has 30 heavy (non-hydrogen) atoms. The number of benzene rings is 2. The first-order valence-corrected chi connectivity index (χ1v) is 10.5. The molecule has 0 aliphatic carbocycles. The molecule has 0 aromatic heterocycles. The van der Waals surface area contributed by atoms with Crippen LogP contribution in [-0.2, 0) is 11.2 Å². The summed E-state index contributed by atoms with van der Waals surface area (Å²) >= 11 is 0. The van der Waals surface area contributed by atoms with Gasteiger partial charge < -0.3 is 19.9 Å². The monoisotopic (exact) mass is 411 g/mol. The molecule has 0 aliphatic rings. The maximum Gasteiger partial charge on any atom is 0.251 e. The van der Waals surface area contributed by atoms with Crippen LogP contribution in [0.5, 0.6) is 5.75 Å². The Morgan fingerprint density at radius 1 is 0.967 bits per heavy atom. The number of hydrogen-bond donors (Lipinski definition) is 1. The molecule has 162 valence electrons. The van der Waals surface area contributed by atoms with Gasteiger partial charge in [0.25, 0.3) is 5.91 Å². The topological polar surface area (TPSA) is 61.9 Å². The largest absolute Gasteiger partial charge is 0.492 e. The Hall–Kier alpha value is -2.86. The molecular weight excluding hydrogens is 378 g/mol. The molecule has 6 heteroatoms. The molecular formula is C24H33N3O3. The molecule has 0 heterocycles. The minimum Gasteiger partial charge on any atom is -0.492 e. The van der Waals surface area contributed by atoms with E-state index < -0.39 is 6.04 Å². The van der Waals surface area contributed by atoms with Crippen molar-refractivity contribution in [3.05, 3.63) is 65.7 Å². The Labute approximate surface area is 179 Å². The second-order valence-corrected chi connectivity index (χ2v) is 7.35. The fourth-order valence-corrected chi connectivity index (χ4v) is 3.13. The van der Waals surface area contributed by atoms with E-state index in [0.29, 0.717) is 18.6 Å². The van der Waals surface area contributed by atoms with E-state index in [1.807, 2.05) is 30.3 Å². The third-order valence-electron chi connectivity index (χ3n) is 5.01. The van der Waals surface area contributed by atoms with Crippen LogP contribution >= 0.6 is 0 Å². The average molecular weight is 412 g/mol. The molecule has 0 aliphatic heterocycles. The zero-order chi connectivity index (χ0) is 21.9. The van der Waals surface area contributed by atoms with Crippen LogP contribution in [0, 0.1) is 0 Å². The third kappa shape index (κ3) is 7.19. The third-order valence-corrected chi connectivity index (χ3v) is 5.01. The highest BCUT2D eigenvalue weighted by Crippen LogP contribution is 2.14. The SMILES string of the molecule is CCN(CC)CCOc1ccc(CC(NC(=O)c2ccccc2)C(=O)N(C)C)cc1. The van der Waals surface area contributed by atoms with Gasteiger partial charge in [0, 0.05) is 32.6 Å². The fourth-order valence-electron chi connectivity index (χ4n) is 3.13. The van der Waals surface area contributed by atoms with E-state index in [9.17, 15) is 9.59 Å². The van der Waals surface area contributed by atoms with Crippen LogP contribution < -0.4 is 10.1 Å². The second-order valence-electron chi connectivity index (χ2n) is 7.35. The van der Waals surface area contributed by atoms with E-state index in [4.69, 9.17) is 4.74 Å².